The number of rotatable bonds is 10. The van der Waals surface area contributed by atoms with Gasteiger partial charge in [-0.3, -0.25) is 4.57 Å². The predicted octanol–water partition coefficient (Wildman–Crippen LogP) is 2.87. The Labute approximate surface area is 109 Å². The average Bonchev–Trinajstić information content (AvgIpc) is 2.20. The first-order valence-corrected chi connectivity index (χ1v) is 7.18. The van der Waals surface area contributed by atoms with Gasteiger partial charge in [0.05, 0.1) is 13.2 Å². The van der Waals surface area contributed by atoms with Crippen molar-refractivity contribution in [1.82, 2.24) is 0 Å². The second-order valence-corrected chi connectivity index (χ2v) is 4.94. The van der Waals surface area contributed by atoms with Gasteiger partial charge in [0.1, 0.15) is 0 Å². The van der Waals surface area contributed by atoms with Gasteiger partial charge in [0.25, 0.3) is 7.82 Å². The fraction of sp³-hybridized carbons (Fsp3) is 1.00. The average molecular weight is 296 g/mol. The number of hydrogen-bond donors (Lipinski definition) is 0. The molecule has 0 aliphatic carbocycles. The molecule has 0 aromatic carbocycles. The smallest absolute Gasteiger partial charge is 0.756 e. The Balaban J connectivity index is 0. The van der Waals surface area contributed by atoms with E-state index in [1.807, 2.05) is 0 Å². The molecule has 0 aromatic rings. The van der Waals surface area contributed by atoms with E-state index >= 15 is 0 Å². The van der Waals surface area contributed by atoms with Crippen LogP contribution in [0.3, 0.4) is 0 Å². The Morgan fingerprint density at radius 1 is 0.938 bits per heavy atom. The topological polar surface area (TPSA) is 58.6 Å². The van der Waals surface area contributed by atoms with E-state index in [0.29, 0.717) is 0 Å². The van der Waals surface area contributed by atoms with E-state index in [-0.39, 0.29) is 29.7 Å². The van der Waals surface area contributed by atoms with Crippen LogP contribution in [0, 0.1) is 0 Å². The maximum absolute atomic E-state index is 11.1. The summed E-state index contributed by atoms with van der Waals surface area (Å²) < 4.78 is 20.5. The molecule has 4 nitrogen and oxygen atoms in total. The van der Waals surface area contributed by atoms with Crippen LogP contribution < -0.4 is 4.89 Å². The van der Waals surface area contributed by atoms with Gasteiger partial charge in [-0.05, 0) is 12.8 Å². The zero-order valence-electron chi connectivity index (χ0n) is 10.1. The third-order valence-corrected chi connectivity index (χ3v) is 2.99. The summed E-state index contributed by atoms with van der Waals surface area (Å²) in [4.78, 5) is 11.1. The van der Waals surface area contributed by atoms with Gasteiger partial charge in [-0.2, -0.15) is 0 Å². The summed E-state index contributed by atoms with van der Waals surface area (Å²) in [6.45, 7) is 4.58. The minimum Gasteiger partial charge on any atom is -0.756 e. The van der Waals surface area contributed by atoms with E-state index in [2.05, 4.69) is 22.9 Å². The second-order valence-electron chi connectivity index (χ2n) is 3.53. The summed E-state index contributed by atoms with van der Waals surface area (Å²) in [6.07, 6.45) is 5.58. The van der Waals surface area contributed by atoms with Gasteiger partial charge in [0.2, 0.25) is 0 Å². The molecule has 0 aromatic heterocycles. The van der Waals surface area contributed by atoms with Gasteiger partial charge in [-0.15, -0.1) is 0 Å². The Bertz CT molecular complexity index is 174. The van der Waals surface area contributed by atoms with Crippen LogP contribution in [0.4, 0.5) is 0 Å². The van der Waals surface area contributed by atoms with Crippen LogP contribution in [0.2, 0.25) is 0 Å². The van der Waals surface area contributed by atoms with Crippen molar-refractivity contribution in [3.05, 3.63) is 0 Å². The Morgan fingerprint density at radius 2 is 1.31 bits per heavy atom. The Morgan fingerprint density at radius 3 is 1.62 bits per heavy atom. The molecule has 0 radical (unpaired) electrons. The standard InChI is InChI=1S/C10H23O4P.Ni/c1-3-5-7-9-13-15(11,12)14-10-8-6-4-2;/h3-10H2,1-2H3,(H,11,12);/q;+2/p-1. The summed E-state index contributed by atoms with van der Waals surface area (Å²) in [5.74, 6) is 0. The van der Waals surface area contributed by atoms with Crippen LogP contribution in [-0.4, -0.2) is 13.2 Å². The van der Waals surface area contributed by atoms with Gasteiger partial charge >= 0.3 is 16.5 Å². The van der Waals surface area contributed by atoms with Crippen LogP contribution >= 0.6 is 7.82 Å². The molecule has 0 bridgehead atoms. The van der Waals surface area contributed by atoms with Crippen molar-refractivity contribution >= 4 is 7.82 Å². The van der Waals surface area contributed by atoms with Gasteiger partial charge < -0.3 is 13.9 Å². The maximum atomic E-state index is 11.1. The van der Waals surface area contributed by atoms with Gasteiger partial charge in [0.15, 0.2) is 0 Å². The monoisotopic (exact) mass is 295 g/mol. The normalized spacial score (nSPS) is 11.2. The molecule has 0 heterocycles. The third kappa shape index (κ3) is 12.7. The van der Waals surface area contributed by atoms with Crippen molar-refractivity contribution in [3.63, 3.8) is 0 Å². The van der Waals surface area contributed by atoms with Crippen molar-refractivity contribution in [2.75, 3.05) is 13.2 Å². The van der Waals surface area contributed by atoms with E-state index in [4.69, 9.17) is 0 Å². The van der Waals surface area contributed by atoms with Crippen molar-refractivity contribution in [2.45, 2.75) is 52.4 Å². The maximum Gasteiger partial charge on any atom is 2.00 e. The van der Waals surface area contributed by atoms with Crippen LogP contribution in [0.25, 0.3) is 0 Å². The van der Waals surface area contributed by atoms with Crippen molar-refractivity contribution in [3.8, 4) is 0 Å². The van der Waals surface area contributed by atoms with Crippen LogP contribution in [0.1, 0.15) is 52.4 Å². The molecule has 100 valence electrons. The largest absolute Gasteiger partial charge is 2.00 e. The fourth-order valence-corrected chi connectivity index (χ4v) is 1.87. The number of phosphoric acid groups is 1. The summed E-state index contributed by atoms with van der Waals surface area (Å²) in [5, 5.41) is 0. The number of hydrogen-bond acceptors (Lipinski definition) is 4. The third-order valence-electron chi connectivity index (χ3n) is 1.99. The first-order chi connectivity index (χ1) is 7.12. The second kappa shape index (κ2) is 12.1. The molecule has 0 saturated heterocycles. The van der Waals surface area contributed by atoms with Crippen LogP contribution in [0.5, 0.6) is 0 Å². The summed E-state index contributed by atoms with van der Waals surface area (Å²) >= 11 is 0. The van der Waals surface area contributed by atoms with Gasteiger partial charge in [0, 0.05) is 0 Å². The molecular weight excluding hydrogens is 274 g/mol. The molecule has 0 fully saturated rings. The summed E-state index contributed by atoms with van der Waals surface area (Å²) in [7, 11) is -4.02. The molecular formula is C10H22NiO4P+. The van der Waals surface area contributed by atoms with E-state index < -0.39 is 7.82 Å². The Kier molecular flexibility index (Phi) is 14.3. The van der Waals surface area contributed by atoms with Crippen molar-refractivity contribution in [2.24, 2.45) is 0 Å². The predicted molar refractivity (Wildman–Crippen MR) is 58.6 cm³/mol. The fourth-order valence-electron chi connectivity index (χ4n) is 1.09. The molecule has 0 amide bonds. The molecule has 0 saturated carbocycles. The van der Waals surface area contributed by atoms with E-state index in [9.17, 15) is 9.46 Å². The van der Waals surface area contributed by atoms with E-state index in [0.717, 1.165) is 38.5 Å². The molecule has 0 spiro atoms. The van der Waals surface area contributed by atoms with Crippen LogP contribution in [0.15, 0.2) is 0 Å². The first kappa shape index (κ1) is 19.0. The summed E-state index contributed by atoms with van der Waals surface area (Å²) in [5.41, 5.74) is 0. The first-order valence-electron chi connectivity index (χ1n) is 5.72. The molecule has 0 aliphatic heterocycles. The van der Waals surface area contributed by atoms with Crippen LogP contribution in [-0.2, 0) is 30.1 Å². The summed E-state index contributed by atoms with van der Waals surface area (Å²) in [6, 6.07) is 0. The molecule has 0 unspecified atom stereocenters. The molecule has 0 N–H and O–H groups in total. The van der Waals surface area contributed by atoms with Crippen molar-refractivity contribution < 1.29 is 35.0 Å². The molecule has 0 atom stereocenters. The number of phosphoric ester groups is 1. The number of unbranched alkanes of at least 4 members (excludes halogenated alkanes) is 4. The Hall–Kier alpha value is 0.604. The molecule has 6 heteroatoms. The molecule has 0 rings (SSSR count). The van der Waals surface area contributed by atoms with Gasteiger partial charge in [-0.25, -0.2) is 0 Å². The van der Waals surface area contributed by atoms with Gasteiger partial charge in [-0.1, -0.05) is 39.5 Å². The zero-order chi connectivity index (χ0) is 11.6. The zero-order valence-corrected chi connectivity index (χ0v) is 11.9. The minimum atomic E-state index is -4.02. The quantitative estimate of drug-likeness (QED) is 0.353. The SMILES string of the molecule is CCCCCOP(=O)([O-])OCCCCC.[Ni+2]. The van der Waals surface area contributed by atoms with Crippen molar-refractivity contribution in [1.29, 1.82) is 0 Å². The minimum absolute atomic E-state index is 0. The molecule has 0 aliphatic rings. The molecule has 16 heavy (non-hydrogen) atoms. The van der Waals surface area contributed by atoms with E-state index in [1.54, 1.807) is 0 Å². The van der Waals surface area contributed by atoms with E-state index in [1.165, 1.54) is 0 Å².